The van der Waals surface area contributed by atoms with Gasteiger partial charge in [-0.1, -0.05) is 41.9 Å². The first kappa shape index (κ1) is 11.7. The van der Waals surface area contributed by atoms with Gasteiger partial charge in [0.05, 0.1) is 6.10 Å². The summed E-state index contributed by atoms with van der Waals surface area (Å²) in [5, 5.41) is 10.4. The Morgan fingerprint density at radius 1 is 1.38 bits per heavy atom. The van der Waals surface area contributed by atoms with Crippen molar-refractivity contribution in [2.24, 2.45) is 5.92 Å². The van der Waals surface area contributed by atoms with E-state index >= 15 is 0 Å². The molecule has 1 aliphatic rings. The molecule has 0 radical (unpaired) electrons. The molecular formula is C14H17ClO. The van der Waals surface area contributed by atoms with Gasteiger partial charge in [-0.05, 0) is 42.7 Å². The van der Waals surface area contributed by atoms with Crippen LogP contribution < -0.4 is 0 Å². The number of fused-ring (bicyclic) bond motifs is 1. The van der Waals surface area contributed by atoms with E-state index in [0.29, 0.717) is 5.92 Å². The van der Waals surface area contributed by atoms with Gasteiger partial charge in [0.25, 0.3) is 0 Å². The highest BCUT2D eigenvalue weighted by molar-refractivity contribution is 6.25. The molecule has 0 fully saturated rings. The minimum Gasteiger partial charge on any atom is -0.388 e. The third-order valence-corrected chi connectivity index (χ3v) is 3.55. The average molecular weight is 237 g/mol. The number of halogens is 1. The van der Waals surface area contributed by atoms with E-state index in [0.717, 1.165) is 31.2 Å². The molecule has 0 saturated heterocycles. The van der Waals surface area contributed by atoms with Crippen LogP contribution in [0.5, 0.6) is 0 Å². The summed E-state index contributed by atoms with van der Waals surface area (Å²) >= 11 is 5.55. The first-order valence-electron chi connectivity index (χ1n) is 5.84. The molecule has 1 aromatic rings. The van der Waals surface area contributed by atoms with Crippen LogP contribution in [0, 0.1) is 5.92 Å². The number of benzene rings is 1. The van der Waals surface area contributed by atoms with Crippen molar-refractivity contribution >= 4 is 11.6 Å². The van der Waals surface area contributed by atoms with E-state index in [1.54, 1.807) is 5.54 Å². The van der Waals surface area contributed by atoms with Gasteiger partial charge in [0, 0.05) is 5.54 Å². The predicted molar refractivity (Wildman–Crippen MR) is 67.4 cm³/mol. The molecule has 2 atom stereocenters. The third kappa shape index (κ3) is 2.47. The van der Waals surface area contributed by atoms with Gasteiger partial charge in [0.15, 0.2) is 0 Å². The lowest BCUT2D eigenvalue weighted by molar-refractivity contribution is 0.106. The van der Waals surface area contributed by atoms with Gasteiger partial charge in [0.1, 0.15) is 0 Å². The van der Waals surface area contributed by atoms with Gasteiger partial charge in [-0.15, -0.1) is 0 Å². The van der Waals surface area contributed by atoms with Crippen molar-refractivity contribution in [2.45, 2.75) is 31.8 Å². The summed E-state index contributed by atoms with van der Waals surface area (Å²) in [6.45, 7) is 0. The molecule has 0 aromatic heterocycles. The van der Waals surface area contributed by atoms with Crippen LogP contribution in [0.3, 0.4) is 0 Å². The molecular weight excluding hydrogens is 220 g/mol. The lowest BCUT2D eigenvalue weighted by atomic mass is 9.91. The molecule has 0 bridgehead atoms. The molecule has 0 amide bonds. The first-order chi connectivity index (χ1) is 7.83. The monoisotopic (exact) mass is 236 g/mol. The van der Waals surface area contributed by atoms with Gasteiger partial charge < -0.3 is 5.11 Å². The zero-order valence-electron chi connectivity index (χ0n) is 9.27. The van der Waals surface area contributed by atoms with Gasteiger partial charge in [0.2, 0.25) is 0 Å². The second-order valence-corrected chi connectivity index (χ2v) is 4.65. The SMILES string of the molecule is OC1c2ccccc2CCCC1C/C=C/Cl. The van der Waals surface area contributed by atoms with Crippen molar-refractivity contribution in [3.63, 3.8) is 0 Å². The minimum absolute atomic E-state index is 0.304. The highest BCUT2D eigenvalue weighted by Gasteiger charge is 2.24. The summed E-state index contributed by atoms with van der Waals surface area (Å²) in [6, 6.07) is 8.22. The van der Waals surface area contributed by atoms with Crippen molar-refractivity contribution < 1.29 is 5.11 Å². The number of aliphatic hydroxyl groups is 1. The smallest absolute Gasteiger partial charge is 0.0823 e. The standard InChI is InChI=1S/C14H17ClO/c15-10-4-8-12-7-3-6-11-5-1-2-9-13(11)14(12)16/h1-2,4-5,9-10,12,14,16H,3,6-8H2/b10-4+. The van der Waals surface area contributed by atoms with Gasteiger partial charge in [-0.2, -0.15) is 0 Å². The maximum absolute atomic E-state index is 10.4. The van der Waals surface area contributed by atoms with E-state index in [4.69, 9.17) is 11.6 Å². The summed E-state index contributed by atoms with van der Waals surface area (Å²) in [7, 11) is 0. The van der Waals surface area contributed by atoms with Gasteiger partial charge in [-0.3, -0.25) is 0 Å². The van der Waals surface area contributed by atoms with Crippen LogP contribution in [-0.2, 0) is 6.42 Å². The summed E-state index contributed by atoms with van der Waals surface area (Å²) in [6.07, 6.45) is 5.74. The molecule has 1 N–H and O–H groups in total. The maximum atomic E-state index is 10.4. The molecule has 1 aromatic carbocycles. The topological polar surface area (TPSA) is 20.2 Å². The molecule has 2 heteroatoms. The Morgan fingerprint density at radius 3 is 3.00 bits per heavy atom. The molecule has 86 valence electrons. The molecule has 2 rings (SSSR count). The van der Waals surface area contributed by atoms with Crippen LogP contribution in [0.15, 0.2) is 35.9 Å². The normalized spacial score (nSPS) is 25.4. The van der Waals surface area contributed by atoms with Crippen LogP contribution in [0.4, 0.5) is 0 Å². The zero-order chi connectivity index (χ0) is 11.4. The van der Waals surface area contributed by atoms with Crippen LogP contribution in [0.1, 0.15) is 36.5 Å². The van der Waals surface area contributed by atoms with E-state index in [9.17, 15) is 5.11 Å². The average Bonchev–Trinajstić information content (AvgIpc) is 2.47. The van der Waals surface area contributed by atoms with E-state index in [1.165, 1.54) is 5.56 Å². The fraction of sp³-hybridized carbons (Fsp3) is 0.429. The van der Waals surface area contributed by atoms with Crippen molar-refractivity contribution in [1.29, 1.82) is 0 Å². The second kappa shape index (κ2) is 5.51. The van der Waals surface area contributed by atoms with Crippen molar-refractivity contribution in [3.8, 4) is 0 Å². The number of rotatable bonds is 2. The fourth-order valence-electron chi connectivity index (χ4n) is 2.49. The molecule has 0 heterocycles. The summed E-state index contributed by atoms with van der Waals surface area (Å²) in [5.74, 6) is 0.304. The molecule has 0 spiro atoms. The van der Waals surface area contributed by atoms with E-state index in [2.05, 4.69) is 6.07 Å². The third-order valence-electron chi connectivity index (χ3n) is 3.37. The maximum Gasteiger partial charge on any atom is 0.0823 e. The van der Waals surface area contributed by atoms with Crippen LogP contribution in [0.2, 0.25) is 0 Å². The van der Waals surface area contributed by atoms with Crippen molar-refractivity contribution in [3.05, 3.63) is 47.0 Å². The van der Waals surface area contributed by atoms with Crippen molar-refractivity contribution in [1.82, 2.24) is 0 Å². The Labute approximate surface area is 102 Å². The van der Waals surface area contributed by atoms with Crippen LogP contribution in [-0.4, -0.2) is 5.11 Å². The summed E-state index contributed by atoms with van der Waals surface area (Å²) in [5.41, 5.74) is 3.95. The predicted octanol–water partition coefficient (Wildman–Crippen LogP) is 3.82. The Kier molecular flexibility index (Phi) is 4.03. The van der Waals surface area contributed by atoms with Gasteiger partial charge >= 0.3 is 0 Å². The summed E-state index contributed by atoms with van der Waals surface area (Å²) < 4.78 is 0. The molecule has 16 heavy (non-hydrogen) atoms. The number of hydrogen-bond donors (Lipinski definition) is 1. The highest BCUT2D eigenvalue weighted by Crippen LogP contribution is 2.35. The fourth-order valence-corrected chi connectivity index (χ4v) is 2.59. The Bertz CT molecular complexity index is 373. The number of aryl methyl sites for hydroxylation is 1. The Hall–Kier alpha value is -0.790. The molecule has 1 nitrogen and oxygen atoms in total. The molecule has 2 unspecified atom stereocenters. The second-order valence-electron chi connectivity index (χ2n) is 4.39. The van der Waals surface area contributed by atoms with Crippen LogP contribution >= 0.6 is 11.6 Å². The van der Waals surface area contributed by atoms with Gasteiger partial charge in [-0.25, -0.2) is 0 Å². The van der Waals surface area contributed by atoms with Crippen molar-refractivity contribution in [2.75, 3.05) is 0 Å². The number of hydrogen-bond acceptors (Lipinski definition) is 1. The lowest BCUT2D eigenvalue weighted by Gasteiger charge is -2.20. The molecule has 0 saturated carbocycles. The van der Waals surface area contributed by atoms with Crippen LogP contribution in [0.25, 0.3) is 0 Å². The zero-order valence-corrected chi connectivity index (χ0v) is 10.0. The largest absolute Gasteiger partial charge is 0.388 e. The first-order valence-corrected chi connectivity index (χ1v) is 6.27. The number of aliphatic hydroxyl groups excluding tert-OH is 1. The quantitative estimate of drug-likeness (QED) is 0.775. The van der Waals surface area contributed by atoms with E-state index < -0.39 is 0 Å². The molecule has 0 aliphatic heterocycles. The Morgan fingerprint density at radius 2 is 2.19 bits per heavy atom. The number of allylic oxidation sites excluding steroid dienone is 1. The molecule has 1 aliphatic carbocycles. The highest BCUT2D eigenvalue weighted by atomic mass is 35.5. The summed E-state index contributed by atoms with van der Waals surface area (Å²) in [4.78, 5) is 0. The lowest BCUT2D eigenvalue weighted by Crippen LogP contribution is -2.11. The van der Waals surface area contributed by atoms with E-state index in [-0.39, 0.29) is 6.10 Å². The Balaban J connectivity index is 2.22. The minimum atomic E-state index is -0.341. The van der Waals surface area contributed by atoms with E-state index in [1.807, 2.05) is 24.3 Å².